The normalized spacial score (nSPS) is 11.9. The first-order valence-electron chi connectivity index (χ1n) is 22.0. The number of anilines is 6. The van der Waals surface area contributed by atoms with Gasteiger partial charge in [-0.25, -0.2) is 19.4 Å². The summed E-state index contributed by atoms with van der Waals surface area (Å²) >= 11 is 0. The SMILES string of the molecule is Cc1cc(C)c(Nc2ccc3c(-c4ccccc4S(=O)(=O)O)c4cc/c(=N\c5c(C)c(NC(=O)Nc6ccc(O)c(C(=O)O)c6)c(C)c(S(=O)(=O)O)c5C)cc-4oc3c2)c(C)c1NC(=O)Nc1ccc(O)cc1. The number of nitrogens with zero attached hydrogens (tertiary/aromatic N) is 1. The number of carbonyl (C=O) groups excluding carboxylic acids is 2. The number of urea groups is 2. The average Bonchev–Trinajstić information content (AvgIpc) is 3.31. The van der Waals surface area contributed by atoms with E-state index in [1.54, 1.807) is 61.5 Å². The van der Waals surface area contributed by atoms with Crippen LogP contribution in [0.25, 0.3) is 33.4 Å². The molecule has 21 heteroatoms. The van der Waals surface area contributed by atoms with Gasteiger partial charge in [0, 0.05) is 57.0 Å². The van der Waals surface area contributed by atoms with Crippen LogP contribution in [0.1, 0.15) is 43.7 Å². The van der Waals surface area contributed by atoms with E-state index in [4.69, 9.17) is 9.41 Å². The van der Waals surface area contributed by atoms with Gasteiger partial charge in [0.25, 0.3) is 20.2 Å². The van der Waals surface area contributed by atoms with Crippen molar-refractivity contribution in [2.75, 3.05) is 26.6 Å². The predicted molar refractivity (Wildman–Crippen MR) is 276 cm³/mol. The first kappa shape index (κ1) is 50.6. The maximum atomic E-state index is 13.4. The fourth-order valence-corrected chi connectivity index (χ4v) is 10.5. The highest BCUT2D eigenvalue weighted by molar-refractivity contribution is 7.86. The fourth-order valence-electron chi connectivity index (χ4n) is 8.87. The molecule has 8 rings (SSSR count). The van der Waals surface area contributed by atoms with Crippen molar-refractivity contribution < 1.29 is 60.1 Å². The molecule has 10 N–H and O–H groups in total. The van der Waals surface area contributed by atoms with Gasteiger partial charge in [0.05, 0.1) is 22.4 Å². The number of nitrogens with one attached hydrogen (secondary N) is 5. The van der Waals surface area contributed by atoms with E-state index >= 15 is 0 Å². The second-order valence-electron chi connectivity index (χ2n) is 17.1. The van der Waals surface area contributed by atoms with Crippen molar-refractivity contribution in [2.24, 2.45) is 4.99 Å². The topological polar surface area (TPSA) is 306 Å². The Morgan fingerprint density at radius 1 is 0.575 bits per heavy atom. The molecule has 0 bridgehead atoms. The fraction of sp³-hybridized carbons (Fsp3) is 0.115. The number of hydrogen-bond donors (Lipinski definition) is 10. The molecule has 0 spiro atoms. The minimum atomic E-state index is -4.95. The summed E-state index contributed by atoms with van der Waals surface area (Å²) in [5.74, 6) is -1.76. The molecule has 73 heavy (non-hydrogen) atoms. The predicted octanol–water partition coefficient (Wildman–Crippen LogP) is 10.9. The van der Waals surface area contributed by atoms with E-state index in [2.05, 4.69) is 26.6 Å². The lowest BCUT2D eigenvalue weighted by Crippen LogP contribution is -2.22. The van der Waals surface area contributed by atoms with Crippen LogP contribution in [-0.4, -0.2) is 59.3 Å². The zero-order valence-corrected chi connectivity index (χ0v) is 41.3. The molecule has 1 aliphatic carbocycles. The van der Waals surface area contributed by atoms with Gasteiger partial charge in [-0.05, 0) is 148 Å². The van der Waals surface area contributed by atoms with Crippen LogP contribution in [0.3, 0.4) is 0 Å². The second-order valence-corrected chi connectivity index (χ2v) is 19.9. The van der Waals surface area contributed by atoms with Crippen LogP contribution in [0.4, 0.5) is 49.4 Å². The lowest BCUT2D eigenvalue weighted by molar-refractivity contribution is 0.0693. The Hall–Kier alpha value is -8.76. The molecule has 374 valence electrons. The summed E-state index contributed by atoms with van der Waals surface area (Å²) in [4.78, 5) is 42.0. The van der Waals surface area contributed by atoms with E-state index in [0.717, 1.165) is 23.3 Å². The molecular weight excluding hydrogens is 981 g/mol. The number of fused-ring (bicyclic) bond motifs is 2. The Morgan fingerprint density at radius 3 is 1.88 bits per heavy atom. The first-order valence-corrected chi connectivity index (χ1v) is 24.9. The molecule has 1 aliphatic heterocycles. The lowest BCUT2D eigenvalue weighted by Gasteiger charge is -2.21. The zero-order valence-electron chi connectivity index (χ0n) is 39.7. The highest BCUT2D eigenvalue weighted by Gasteiger charge is 2.27. The van der Waals surface area contributed by atoms with Crippen molar-refractivity contribution in [1.82, 2.24) is 0 Å². The van der Waals surface area contributed by atoms with Crippen molar-refractivity contribution in [3.8, 4) is 33.9 Å². The van der Waals surface area contributed by atoms with Gasteiger partial charge in [0.2, 0.25) is 0 Å². The number of aryl methyl sites for hydroxylation is 2. The summed E-state index contributed by atoms with van der Waals surface area (Å²) in [6, 6.07) is 25.6. The Balaban J connectivity index is 1.25. The molecule has 2 aliphatic rings. The standard InChI is InChI=1S/C52H46N6O13S2/c1-25-21-26(2)46(57-51(63)55-31-11-16-35(59)17-12-31)27(3)45(25)53-33-13-18-36-41(23-33)71-42-24-34(14-19-37(42)44(36)38-9-7-8-10-43(38)72(65,66)67)54-47-28(4)48(30(6)49(29(47)5)73(68,69)70)58-52(64)56-32-15-20-40(60)39(22-32)50(61)62/h7-24,53,59-60H,1-6H3,(H,61,62)(H2,55,57,63)(H2,56,58,64)(H,65,66,67)(H,68,69,70)/b54-34+. The zero-order chi connectivity index (χ0) is 52.8. The summed E-state index contributed by atoms with van der Waals surface area (Å²) in [6.07, 6.45) is 0. The van der Waals surface area contributed by atoms with Crippen LogP contribution in [0, 0.1) is 41.5 Å². The Kier molecular flexibility index (Phi) is 13.5. The molecule has 4 amide bonds. The monoisotopic (exact) mass is 1030 g/mol. The molecule has 0 atom stereocenters. The quantitative estimate of drug-likeness (QED) is 0.0327. The van der Waals surface area contributed by atoms with Gasteiger partial charge in [0.15, 0.2) is 0 Å². The van der Waals surface area contributed by atoms with Crippen molar-refractivity contribution in [1.29, 1.82) is 0 Å². The van der Waals surface area contributed by atoms with Crippen molar-refractivity contribution >= 4 is 89.0 Å². The van der Waals surface area contributed by atoms with Crippen LogP contribution in [0.2, 0.25) is 0 Å². The van der Waals surface area contributed by atoms with Crippen molar-refractivity contribution in [3.05, 3.63) is 153 Å². The molecule has 0 radical (unpaired) electrons. The van der Waals surface area contributed by atoms with Crippen LogP contribution >= 0.6 is 0 Å². The summed E-state index contributed by atoms with van der Waals surface area (Å²) in [5, 5.41) is 43.8. The molecule has 6 aromatic carbocycles. The van der Waals surface area contributed by atoms with E-state index in [1.807, 2.05) is 26.8 Å². The molecule has 0 fully saturated rings. The molecule has 19 nitrogen and oxygen atoms in total. The van der Waals surface area contributed by atoms with E-state index in [0.29, 0.717) is 44.8 Å². The van der Waals surface area contributed by atoms with Crippen LogP contribution in [0.15, 0.2) is 128 Å². The lowest BCUT2D eigenvalue weighted by atomic mass is 9.93. The highest BCUT2D eigenvalue weighted by Crippen LogP contribution is 2.44. The number of benzene rings is 7. The molecule has 0 saturated carbocycles. The van der Waals surface area contributed by atoms with Crippen molar-refractivity contribution in [2.45, 2.75) is 51.3 Å². The Bertz CT molecular complexity index is 3890. The molecule has 6 aromatic rings. The number of phenolic OH excluding ortho intramolecular Hbond substituents is 1. The number of aromatic carboxylic acids is 1. The largest absolute Gasteiger partial charge is 0.508 e. The van der Waals surface area contributed by atoms with E-state index in [9.17, 15) is 55.6 Å². The summed E-state index contributed by atoms with van der Waals surface area (Å²) < 4.78 is 79.1. The van der Waals surface area contributed by atoms with Gasteiger partial charge >= 0.3 is 18.0 Å². The van der Waals surface area contributed by atoms with Crippen LogP contribution < -0.4 is 31.9 Å². The molecule has 0 saturated heterocycles. The van der Waals surface area contributed by atoms with Crippen LogP contribution in [0.5, 0.6) is 11.5 Å². The minimum absolute atomic E-state index is 0.0134. The second kappa shape index (κ2) is 19.4. The number of carbonyl (C=O) groups is 3. The third kappa shape index (κ3) is 10.4. The van der Waals surface area contributed by atoms with E-state index in [-0.39, 0.29) is 66.7 Å². The third-order valence-electron chi connectivity index (χ3n) is 12.1. The van der Waals surface area contributed by atoms with E-state index < -0.39 is 54.5 Å². The molecule has 0 aromatic heterocycles. The number of rotatable bonds is 11. The summed E-state index contributed by atoms with van der Waals surface area (Å²) in [5.41, 5.74) is 5.44. The molecular formula is C52H46N6O13S2. The summed E-state index contributed by atoms with van der Waals surface area (Å²) in [6.45, 7) is 9.96. The number of carboxylic acids is 1. The van der Waals surface area contributed by atoms with Gasteiger partial charge in [-0.1, -0.05) is 24.3 Å². The van der Waals surface area contributed by atoms with Gasteiger partial charge in [-0.15, -0.1) is 0 Å². The maximum Gasteiger partial charge on any atom is 0.339 e. The average molecular weight is 1030 g/mol. The number of phenols is 2. The maximum absolute atomic E-state index is 13.4. The summed E-state index contributed by atoms with van der Waals surface area (Å²) in [7, 11) is -9.72. The van der Waals surface area contributed by atoms with Gasteiger partial charge in [-0.2, -0.15) is 16.8 Å². The number of aromatic hydroxyl groups is 2. The Labute approximate surface area is 417 Å². The van der Waals surface area contributed by atoms with Crippen molar-refractivity contribution in [3.63, 3.8) is 0 Å². The smallest absolute Gasteiger partial charge is 0.339 e. The van der Waals surface area contributed by atoms with Gasteiger partial charge in [-0.3, -0.25) is 9.11 Å². The highest BCUT2D eigenvalue weighted by atomic mass is 32.2. The molecule has 1 heterocycles. The number of hydrogen-bond acceptors (Lipinski definition) is 12. The molecule has 0 unspecified atom stereocenters. The van der Waals surface area contributed by atoms with E-state index in [1.165, 1.54) is 50.2 Å². The Morgan fingerprint density at radius 2 is 1.21 bits per heavy atom. The first-order chi connectivity index (χ1) is 34.4. The van der Waals surface area contributed by atoms with Gasteiger partial charge in [0.1, 0.15) is 38.2 Å². The third-order valence-corrected chi connectivity index (χ3v) is 14.1. The van der Waals surface area contributed by atoms with Crippen LogP contribution in [-0.2, 0) is 20.2 Å². The number of amides is 4. The van der Waals surface area contributed by atoms with Gasteiger partial charge < -0.3 is 46.3 Å². The number of carboxylic acid groups (broad SMARTS) is 1. The minimum Gasteiger partial charge on any atom is -0.508 e.